The first-order valence-electron chi connectivity index (χ1n) is 24.9. The van der Waals surface area contributed by atoms with E-state index in [1.165, 1.54) is 0 Å². The van der Waals surface area contributed by atoms with Crippen molar-refractivity contribution in [2.24, 2.45) is 0 Å². The van der Waals surface area contributed by atoms with E-state index in [1.807, 2.05) is 129 Å². The highest BCUT2D eigenvalue weighted by molar-refractivity contribution is 5.98. The van der Waals surface area contributed by atoms with Crippen LogP contribution in [0.25, 0.3) is 83.9 Å². The number of hydrogen-bond acceptors (Lipinski definition) is 3. The highest BCUT2D eigenvalue weighted by atomic mass is 16.3. The lowest BCUT2D eigenvalue weighted by molar-refractivity contribution is 0.448. The average Bonchev–Trinajstić information content (AvgIpc) is 3.70. The van der Waals surface area contributed by atoms with Gasteiger partial charge in [0.1, 0.15) is 11.6 Å². The molecule has 2 aromatic heterocycles. The first-order valence-corrected chi connectivity index (χ1v) is 21.4. The normalized spacial score (nSPS) is 14.0. The lowest BCUT2D eigenvalue weighted by atomic mass is 9.84. The summed E-state index contributed by atoms with van der Waals surface area (Å²) in [6.07, 6.45) is 1.82. The second-order valence-corrected chi connectivity index (χ2v) is 17.7. The largest absolute Gasteiger partial charge is 0.507 e. The Morgan fingerprint density at radius 1 is 0.587 bits per heavy atom. The molecule has 0 aliphatic heterocycles. The summed E-state index contributed by atoms with van der Waals surface area (Å²) in [4.78, 5) is 10.4. The summed E-state index contributed by atoms with van der Waals surface area (Å²) in [7, 11) is 0. The average molecular weight is 829 g/mol. The Labute approximate surface area is 382 Å². The van der Waals surface area contributed by atoms with Crippen LogP contribution < -0.4 is 0 Å². The minimum Gasteiger partial charge on any atom is -0.507 e. The van der Waals surface area contributed by atoms with Gasteiger partial charge in [-0.1, -0.05) is 158 Å². The molecule has 312 valence electrons. The quantitative estimate of drug-likeness (QED) is 0.158. The smallest absolute Gasteiger partial charge is 0.149 e. The molecule has 2 heterocycles. The number of phenolic OH excluding ortho intramolecular Hbond substituents is 1. The van der Waals surface area contributed by atoms with Gasteiger partial charge in [0.2, 0.25) is 0 Å². The maximum atomic E-state index is 12.4. The molecule has 0 aliphatic carbocycles. The van der Waals surface area contributed by atoms with Crippen LogP contribution in [-0.2, 0) is 5.41 Å². The van der Waals surface area contributed by atoms with Crippen molar-refractivity contribution in [1.29, 1.82) is 0 Å². The van der Waals surface area contributed by atoms with Crippen LogP contribution in [0.5, 0.6) is 5.75 Å². The van der Waals surface area contributed by atoms with E-state index in [2.05, 4.69) is 69.3 Å². The van der Waals surface area contributed by atoms with E-state index >= 15 is 0 Å². The second-order valence-electron chi connectivity index (χ2n) is 17.7. The van der Waals surface area contributed by atoms with Gasteiger partial charge in [0.25, 0.3) is 0 Å². The molecule has 9 rings (SSSR count). The predicted octanol–water partition coefficient (Wildman–Crippen LogP) is 16.0. The van der Waals surface area contributed by atoms with Gasteiger partial charge in [0, 0.05) is 38.0 Å². The molecule has 0 amide bonds. The number of aromatic hydroxyl groups is 1. The SMILES string of the molecule is [2H]C(C)(C)c1ccc(-c2ccnc(-c3cc(-c4ccccc4)cc(-c4cccc5c4nc(-c4cc(C)cc(C(C)(C)C)c4O)n5-c4ccc(C(C([2H])([2H])[2H])C([2H])([2H])[2H])cc4-c4ccccc4)c3)c2)cc1. The van der Waals surface area contributed by atoms with E-state index in [9.17, 15) is 5.11 Å². The highest BCUT2D eigenvalue weighted by Crippen LogP contribution is 2.45. The van der Waals surface area contributed by atoms with E-state index < -0.39 is 30.9 Å². The number of aromatic nitrogens is 3. The predicted molar refractivity (Wildman–Crippen MR) is 265 cm³/mol. The zero-order valence-electron chi connectivity index (χ0n) is 43.5. The third kappa shape index (κ3) is 8.10. The van der Waals surface area contributed by atoms with Crippen molar-refractivity contribution in [3.8, 4) is 78.6 Å². The molecule has 0 aliphatic rings. The lowest BCUT2D eigenvalue weighted by Gasteiger charge is -2.23. The summed E-state index contributed by atoms with van der Waals surface area (Å²) in [5.41, 5.74) is 13.6. The van der Waals surface area contributed by atoms with Crippen molar-refractivity contribution in [1.82, 2.24) is 14.5 Å². The summed E-state index contributed by atoms with van der Waals surface area (Å²) in [5, 5.41) is 12.4. The molecule has 0 spiro atoms. The Morgan fingerprint density at radius 2 is 1.25 bits per heavy atom. The first-order chi connectivity index (χ1) is 33.1. The van der Waals surface area contributed by atoms with Crippen LogP contribution in [0.2, 0.25) is 0 Å². The lowest BCUT2D eigenvalue weighted by Crippen LogP contribution is -2.12. The molecule has 0 bridgehead atoms. The minimum atomic E-state index is -2.81. The Morgan fingerprint density at radius 3 is 1.95 bits per heavy atom. The molecular formula is C59H55N3O. The van der Waals surface area contributed by atoms with E-state index in [0.29, 0.717) is 33.7 Å². The van der Waals surface area contributed by atoms with Gasteiger partial charge in [-0.05, 0) is 129 Å². The monoisotopic (exact) mass is 828 g/mol. The number of imidazole rings is 1. The summed E-state index contributed by atoms with van der Waals surface area (Å²) < 4.78 is 60.7. The van der Waals surface area contributed by atoms with Crippen molar-refractivity contribution in [3.05, 3.63) is 192 Å². The number of hydrogen-bond donors (Lipinski definition) is 1. The van der Waals surface area contributed by atoms with Crippen LogP contribution in [0.3, 0.4) is 0 Å². The van der Waals surface area contributed by atoms with Gasteiger partial charge in [0.05, 0.1) is 28.0 Å². The zero-order valence-corrected chi connectivity index (χ0v) is 36.5. The molecule has 0 radical (unpaired) electrons. The molecule has 0 atom stereocenters. The molecule has 0 unspecified atom stereocenters. The summed E-state index contributed by atoms with van der Waals surface area (Å²) in [6, 6.07) is 53.4. The van der Waals surface area contributed by atoms with Gasteiger partial charge >= 0.3 is 0 Å². The van der Waals surface area contributed by atoms with Crippen molar-refractivity contribution in [2.75, 3.05) is 0 Å². The van der Waals surface area contributed by atoms with Crippen LogP contribution in [0.1, 0.15) is 92.0 Å². The van der Waals surface area contributed by atoms with Crippen LogP contribution in [0, 0.1) is 6.92 Å². The zero-order chi connectivity index (χ0) is 49.9. The third-order valence-electron chi connectivity index (χ3n) is 11.9. The Hall–Kier alpha value is -7.04. The van der Waals surface area contributed by atoms with E-state index in [4.69, 9.17) is 19.6 Å². The van der Waals surface area contributed by atoms with Crippen LogP contribution >= 0.6 is 0 Å². The summed E-state index contributed by atoms with van der Waals surface area (Å²) in [6.45, 7) is 6.32. The number of pyridine rings is 1. The molecular weight excluding hydrogens is 767 g/mol. The first kappa shape index (κ1) is 33.6. The van der Waals surface area contributed by atoms with Crippen LogP contribution in [0.15, 0.2) is 170 Å². The molecule has 0 saturated heterocycles. The van der Waals surface area contributed by atoms with Crippen molar-refractivity contribution in [2.45, 2.75) is 72.5 Å². The fourth-order valence-corrected chi connectivity index (χ4v) is 8.55. The van der Waals surface area contributed by atoms with Gasteiger partial charge < -0.3 is 5.11 Å². The standard InChI is InChI=1S/C59H55N3O/c1-37(2)40-22-24-42(25-23-40)45-28-29-60-53(36-45)48-33-46(41-16-11-9-12-17-41)32-47(34-48)49-20-15-21-55-56(49)61-58(51-30-39(5)31-52(57(51)63)59(6,7)8)62(55)54-27-26-44(38(3)4)35-50(54)43-18-13-10-14-19-43/h9-38,63H,1-8H3/i3D3,4D3,37D. The van der Waals surface area contributed by atoms with E-state index in [0.717, 1.165) is 66.9 Å². The van der Waals surface area contributed by atoms with Gasteiger partial charge in [0.15, 0.2) is 0 Å². The molecule has 7 aromatic carbocycles. The molecule has 63 heavy (non-hydrogen) atoms. The fourth-order valence-electron chi connectivity index (χ4n) is 8.55. The molecule has 4 nitrogen and oxygen atoms in total. The van der Waals surface area contributed by atoms with Crippen molar-refractivity contribution >= 4 is 11.0 Å². The van der Waals surface area contributed by atoms with E-state index in [1.54, 1.807) is 18.2 Å². The maximum Gasteiger partial charge on any atom is 0.149 e. The van der Waals surface area contributed by atoms with Crippen LogP contribution in [-0.4, -0.2) is 19.6 Å². The topological polar surface area (TPSA) is 50.9 Å². The molecule has 0 fully saturated rings. The molecule has 0 saturated carbocycles. The minimum absolute atomic E-state index is 0.0938. The van der Waals surface area contributed by atoms with Crippen LogP contribution in [0.4, 0.5) is 0 Å². The molecule has 1 N–H and O–H groups in total. The van der Waals surface area contributed by atoms with E-state index in [-0.39, 0.29) is 11.3 Å². The fraction of sp³-hybridized carbons (Fsp3) is 0.186. The van der Waals surface area contributed by atoms with Gasteiger partial charge in [-0.3, -0.25) is 9.55 Å². The number of rotatable bonds is 9. The van der Waals surface area contributed by atoms with Crippen molar-refractivity contribution < 1.29 is 14.7 Å². The molecule has 4 heteroatoms. The summed E-state index contributed by atoms with van der Waals surface area (Å²) in [5.74, 6) is -1.90. The number of phenols is 1. The number of aryl methyl sites for hydroxylation is 1. The number of para-hydroxylation sites is 1. The van der Waals surface area contributed by atoms with Gasteiger partial charge in [-0.15, -0.1) is 0 Å². The Bertz CT molecular complexity index is 3370. The third-order valence-corrected chi connectivity index (χ3v) is 11.9. The number of fused-ring (bicyclic) bond motifs is 1. The van der Waals surface area contributed by atoms with Gasteiger partial charge in [-0.25, -0.2) is 4.98 Å². The van der Waals surface area contributed by atoms with Crippen molar-refractivity contribution in [3.63, 3.8) is 0 Å². The molecule has 9 aromatic rings. The second kappa shape index (κ2) is 16.7. The Balaban J connectivity index is 1.32. The number of benzene rings is 7. The summed E-state index contributed by atoms with van der Waals surface area (Å²) >= 11 is 0. The number of nitrogens with zero attached hydrogens (tertiary/aromatic N) is 3. The maximum absolute atomic E-state index is 12.4. The highest BCUT2D eigenvalue weighted by Gasteiger charge is 2.27. The van der Waals surface area contributed by atoms with Gasteiger partial charge in [-0.2, -0.15) is 0 Å². The Kier molecular flexibility index (Phi) is 8.89.